The van der Waals surface area contributed by atoms with Gasteiger partial charge in [0, 0.05) is 16.5 Å². The van der Waals surface area contributed by atoms with Crippen molar-refractivity contribution in [1.82, 2.24) is 5.01 Å². The highest BCUT2D eigenvalue weighted by Gasteiger charge is 2.42. The zero-order valence-corrected chi connectivity index (χ0v) is 15.0. The molecule has 1 aromatic carbocycles. The van der Waals surface area contributed by atoms with Gasteiger partial charge in [-0.2, -0.15) is 5.10 Å². The first-order chi connectivity index (χ1) is 11.8. The van der Waals surface area contributed by atoms with Crippen molar-refractivity contribution in [2.24, 2.45) is 5.10 Å². The lowest BCUT2D eigenvalue weighted by Crippen LogP contribution is -2.33. The maximum atomic E-state index is 6.22. The van der Waals surface area contributed by atoms with Crippen molar-refractivity contribution in [2.45, 2.75) is 18.7 Å². The molecule has 0 bridgehead atoms. The maximum Gasteiger partial charge on any atom is 0.246 e. The summed E-state index contributed by atoms with van der Waals surface area (Å²) in [5, 5.41) is 8.99. The van der Waals surface area contributed by atoms with E-state index in [1.807, 2.05) is 29.3 Å². The van der Waals surface area contributed by atoms with Crippen molar-refractivity contribution in [2.75, 3.05) is 0 Å². The Balaban J connectivity index is 1.62. The predicted molar refractivity (Wildman–Crippen MR) is 96.3 cm³/mol. The third-order valence-electron chi connectivity index (χ3n) is 4.34. The molecule has 2 aromatic heterocycles. The van der Waals surface area contributed by atoms with Crippen molar-refractivity contribution in [3.8, 4) is 5.75 Å². The molecule has 0 saturated carbocycles. The summed E-state index contributed by atoms with van der Waals surface area (Å²) in [4.78, 5) is 1.21. The van der Waals surface area contributed by atoms with Gasteiger partial charge in [-0.05, 0) is 41.8 Å². The van der Waals surface area contributed by atoms with Gasteiger partial charge in [0.2, 0.25) is 6.23 Å². The van der Waals surface area contributed by atoms with E-state index >= 15 is 0 Å². The van der Waals surface area contributed by atoms with E-state index in [-0.39, 0.29) is 12.3 Å². The monoisotopic (exact) mass is 400 g/mol. The number of ether oxygens (including phenoxy) is 1. The van der Waals surface area contributed by atoms with Crippen LogP contribution in [0.15, 0.2) is 68.1 Å². The predicted octanol–water partition coefficient (Wildman–Crippen LogP) is 5.35. The number of hydrogen-bond acceptors (Lipinski definition) is 5. The SMILES string of the molecule is Brc1ccc2c(c1)[C@@H]1CC(c3cccs3)=NN1[C@H](c1ccco1)O2. The van der Waals surface area contributed by atoms with Crippen molar-refractivity contribution >= 4 is 33.0 Å². The Morgan fingerprint density at radius 3 is 2.96 bits per heavy atom. The highest BCUT2D eigenvalue weighted by Crippen LogP contribution is 2.48. The molecule has 0 saturated heterocycles. The Morgan fingerprint density at radius 2 is 2.17 bits per heavy atom. The summed E-state index contributed by atoms with van der Waals surface area (Å²) in [6.07, 6.45) is 2.20. The normalized spacial score (nSPS) is 21.9. The Bertz CT molecular complexity index is 905. The molecule has 0 amide bonds. The van der Waals surface area contributed by atoms with Crippen LogP contribution in [0.5, 0.6) is 5.75 Å². The second kappa shape index (κ2) is 5.50. The van der Waals surface area contributed by atoms with E-state index in [1.54, 1.807) is 17.6 Å². The van der Waals surface area contributed by atoms with Gasteiger partial charge < -0.3 is 9.15 Å². The van der Waals surface area contributed by atoms with Gasteiger partial charge in [-0.3, -0.25) is 0 Å². The molecule has 0 unspecified atom stereocenters. The molecular weight excluding hydrogens is 388 g/mol. The summed E-state index contributed by atoms with van der Waals surface area (Å²) in [7, 11) is 0. The molecule has 2 aliphatic heterocycles. The third kappa shape index (κ3) is 2.21. The lowest BCUT2D eigenvalue weighted by atomic mass is 9.98. The summed E-state index contributed by atoms with van der Waals surface area (Å²) >= 11 is 5.28. The molecule has 0 radical (unpaired) electrons. The Morgan fingerprint density at radius 1 is 1.21 bits per heavy atom. The van der Waals surface area contributed by atoms with Crippen molar-refractivity contribution in [3.05, 3.63) is 74.8 Å². The Labute approximate surface area is 151 Å². The van der Waals surface area contributed by atoms with Gasteiger partial charge in [0.05, 0.1) is 22.9 Å². The molecular formula is C18H13BrN2O2S. The molecule has 0 spiro atoms. The molecule has 0 aliphatic carbocycles. The lowest BCUT2D eigenvalue weighted by Gasteiger charge is -2.37. The van der Waals surface area contributed by atoms with Gasteiger partial charge in [-0.15, -0.1) is 11.3 Å². The maximum absolute atomic E-state index is 6.22. The minimum Gasteiger partial charge on any atom is -0.463 e. The molecule has 24 heavy (non-hydrogen) atoms. The van der Waals surface area contributed by atoms with Crippen molar-refractivity contribution in [3.63, 3.8) is 0 Å². The molecule has 3 aromatic rings. The van der Waals surface area contributed by atoms with Crippen LogP contribution in [0.4, 0.5) is 0 Å². The van der Waals surface area contributed by atoms with E-state index in [1.165, 1.54) is 4.88 Å². The number of fused-ring (bicyclic) bond motifs is 3. The molecule has 6 heteroatoms. The van der Waals surface area contributed by atoms with E-state index in [4.69, 9.17) is 14.3 Å². The van der Waals surface area contributed by atoms with Crippen LogP contribution in [0.1, 0.15) is 34.9 Å². The van der Waals surface area contributed by atoms with Gasteiger partial charge in [0.15, 0.2) is 5.76 Å². The first-order valence-electron chi connectivity index (χ1n) is 7.69. The fraction of sp³-hybridized carbons (Fsp3) is 0.167. The fourth-order valence-corrected chi connectivity index (χ4v) is 4.37. The van der Waals surface area contributed by atoms with Crippen LogP contribution >= 0.6 is 27.3 Å². The minimum absolute atomic E-state index is 0.151. The van der Waals surface area contributed by atoms with Gasteiger partial charge >= 0.3 is 0 Å². The first kappa shape index (κ1) is 14.3. The van der Waals surface area contributed by atoms with E-state index in [9.17, 15) is 0 Å². The largest absolute Gasteiger partial charge is 0.463 e. The molecule has 2 aliphatic rings. The van der Waals surface area contributed by atoms with Crippen LogP contribution in [0.25, 0.3) is 0 Å². The van der Waals surface area contributed by atoms with E-state index in [0.29, 0.717) is 0 Å². The van der Waals surface area contributed by atoms with Gasteiger partial charge in [0.25, 0.3) is 0 Å². The van der Waals surface area contributed by atoms with Crippen LogP contribution in [-0.4, -0.2) is 10.7 Å². The molecule has 5 rings (SSSR count). The second-order valence-electron chi connectivity index (χ2n) is 5.79. The molecule has 120 valence electrons. The lowest BCUT2D eigenvalue weighted by molar-refractivity contribution is -0.0325. The van der Waals surface area contributed by atoms with Crippen LogP contribution in [0, 0.1) is 0 Å². The summed E-state index contributed by atoms with van der Waals surface area (Å²) < 4.78 is 12.9. The van der Waals surface area contributed by atoms with E-state index in [2.05, 4.69) is 39.5 Å². The number of furan rings is 1. The average Bonchev–Trinajstić information content (AvgIpc) is 3.33. The number of rotatable bonds is 2. The number of halogens is 1. The van der Waals surface area contributed by atoms with E-state index < -0.39 is 0 Å². The number of hydrogen-bond donors (Lipinski definition) is 0. The zero-order valence-electron chi connectivity index (χ0n) is 12.6. The van der Waals surface area contributed by atoms with Gasteiger partial charge in [-0.1, -0.05) is 22.0 Å². The smallest absolute Gasteiger partial charge is 0.246 e. The number of hydrazone groups is 1. The molecule has 0 fully saturated rings. The quantitative estimate of drug-likeness (QED) is 0.581. The zero-order chi connectivity index (χ0) is 16.1. The van der Waals surface area contributed by atoms with E-state index in [0.717, 1.165) is 33.7 Å². The number of thiophene rings is 1. The summed E-state index contributed by atoms with van der Waals surface area (Å²) in [5.41, 5.74) is 2.26. The molecule has 0 N–H and O–H groups in total. The summed E-state index contributed by atoms with van der Waals surface area (Å²) in [6.45, 7) is 0. The minimum atomic E-state index is -0.337. The third-order valence-corrected chi connectivity index (χ3v) is 5.76. The second-order valence-corrected chi connectivity index (χ2v) is 7.66. The Hall–Kier alpha value is -2.05. The van der Waals surface area contributed by atoms with Gasteiger partial charge in [0.1, 0.15) is 5.75 Å². The van der Waals surface area contributed by atoms with Crippen LogP contribution in [-0.2, 0) is 0 Å². The van der Waals surface area contributed by atoms with Crippen LogP contribution in [0.2, 0.25) is 0 Å². The van der Waals surface area contributed by atoms with Crippen molar-refractivity contribution < 1.29 is 9.15 Å². The first-order valence-corrected chi connectivity index (χ1v) is 9.36. The van der Waals surface area contributed by atoms with Crippen LogP contribution in [0.3, 0.4) is 0 Å². The molecule has 2 atom stereocenters. The van der Waals surface area contributed by atoms with Gasteiger partial charge in [-0.25, -0.2) is 5.01 Å². The van der Waals surface area contributed by atoms with Crippen LogP contribution < -0.4 is 4.74 Å². The number of benzene rings is 1. The van der Waals surface area contributed by atoms with Crippen molar-refractivity contribution in [1.29, 1.82) is 0 Å². The molecule has 4 nitrogen and oxygen atoms in total. The molecule has 4 heterocycles. The highest BCUT2D eigenvalue weighted by molar-refractivity contribution is 9.10. The Kier molecular flexibility index (Phi) is 3.28. The topological polar surface area (TPSA) is 38.0 Å². The summed E-state index contributed by atoms with van der Waals surface area (Å²) in [6, 6.07) is 14.3. The highest BCUT2D eigenvalue weighted by atomic mass is 79.9. The average molecular weight is 401 g/mol. The summed E-state index contributed by atoms with van der Waals surface area (Å²) in [5.74, 6) is 1.66. The standard InChI is InChI=1S/C18H13BrN2O2S/c19-11-5-6-15-12(9-11)14-10-13(17-4-2-8-24-17)20-21(14)18(23-15)16-3-1-7-22-16/h1-9,14,18H,10H2/t14-,18-/m0/s1. The fourth-order valence-electron chi connectivity index (χ4n) is 3.27. The number of nitrogens with zero attached hydrogens (tertiary/aromatic N) is 2.